The second-order valence-electron chi connectivity index (χ2n) is 5.04. The maximum absolute atomic E-state index is 4.35. The predicted molar refractivity (Wildman–Crippen MR) is 57.1 cm³/mol. The minimum Gasteiger partial charge on any atom is -0.330 e. The molecular formula is C11H19N3. The number of imidazole rings is 1. The Morgan fingerprint density at radius 2 is 2.00 bits per heavy atom. The number of nitrogens with zero attached hydrogens (tertiary/aromatic N) is 3. The van der Waals surface area contributed by atoms with Crippen LogP contribution in [0.25, 0.3) is 0 Å². The van der Waals surface area contributed by atoms with Crippen LogP contribution in [0, 0.1) is 6.92 Å². The smallest absolute Gasteiger partial charge is 0.105 e. The van der Waals surface area contributed by atoms with Gasteiger partial charge in [-0.2, -0.15) is 0 Å². The minimum atomic E-state index is 0.267. The lowest BCUT2D eigenvalue weighted by molar-refractivity contribution is 0.102. The van der Waals surface area contributed by atoms with E-state index in [9.17, 15) is 0 Å². The van der Waals surface area contributed by atoms with Crippen molar-refractivity contribution in [1.29, 1.82) is 0 Å². The van der Waals surface area contributed by atoms with E-state index >= 15 is 0 Å². The summed E-state index contributed by atoms with van der Waals surface area (Å²) in [4.78, 5) is 6.85. The van der Waals surface area contributed by atoms with E-state index < -0.39 is 0 Å². The molecule has 0 saturated carbocycles. The molecule has 1 aliphatic rings. The molecule has 0 fully saturated rings. The van der Waals surface area contributed by atoms with E-state index in [1.54, 1.807) is 0 Å². The summed E-state index contributed by atoms with van der Waals surface area (Å²) in [5.41, 5.74) is 1.62. The molecule has 2 rings (SSSR count). The third-order valence-corrected chi connectivity index (χ3v) is 3.03. The molecule has 1 aromatic heterocycles. The van der Waals surface area contributed by atoms with E-state index in [2.05, 4.69) is 42.1 Å². The van der Waals surface area contributed by atoms with Gasteiger partial charge in [-0.1, -0.05) is 0 Å². The number of rotatable bonds is 0. The number of aryl methyl sites for hydroxylation is 1. The molecule has 0 atom stereocenters. The van der Waals surface area contributed by atoms with E-state index in [1.807, 2.05) is 6.20 Å². The Balaban J connectivity index is 2.22. The summed E-state index contributed by atoms with van der Waals surface area (Å²) in [7, 11) is 0. The fourth-order valence-electron chi connectivity index (χ4n) is 2.01. The van der Waals surface area contributed by atoms with Gasteiger partial charge >= 0.3 is 0 Å². The molecule has 78 valence electrons. The van der Waals surface area contributed by atoms with Crippen LogP contribution in [-0.4, -0.2) is 26.5 Å². The second-order valence-corrected chi connectivity index (χ2v) is 5.04. The first-order valence-electron chi connectivity index (χ1n) is 5.24. The Morgan fingerprint density at radius 1 is 1.29 bits per heavy atom. The Bertz CT molecular complexity index is 333. The second kappa shape index (κ2) is 3.09. The van der Waals surface area contributed by atoms with Gasteiger partial charge in [0.2, 0.25) is 0 Å². The van der Waals surface area contributed by atoms with Crippen LogP contribution in [0.5, 0.6) is 0 Å². The van der Waals surface area contributed by atoms with Crippen molar-refractivity contribution >= 4 is 0 Å². The molecule has 14 heavy (non-hydrogen) atoms. The van der Waals surface area contributed by atoms with Gasteiger partial charge in [-0.25, -0.2) is 4.98 Å². The lowest BCUT2D eigenvalue weighted by atomic mass is 10.0. The predicted octanol–water partition coefficient (Wildman–Crippen LogP) is 1.81. The SMILES string of the molecule is Cc1ncc2n1CCN(C(C)(C)C)C2. The van der Waals surface area contributed by atoms with Gasteiger partial charge in [0.05, 0.1) is 5.69 Å². The largest absolute Gasteiger partial charge is 0.330 e. The fraction of sp³-hybridized carbons (Fsp3) is 0.727. The van der Waals surface area contributed by atoms with Gasteiger partial charge in [0, 0.05) is 31.4 Å². The number of fused-ring (bicyclic) bond motifs is 1. The zero-order valence-electron chi connectivity index (χ0n) is 9.54. The maximum Gasteiger partial charge on any atom is 0.105 e. The first-order chi connectivity index (χ1) is 6.48. The maximum atomic E-state index is 4.35. The van der Waals surface area contributed by atoms with E-state index in [-0.39, 0.29) is 5.54 Å². The van der Waals surface area contributed by atoms with Crippen molar-refractivity contribution in [2.75, 3.05) is 6.54 Å². The highest BCUT2D eigenvalue weighted by Crippen LogP contribution is 2.21. The topological polar surface area (TPSA) is 21.1 Å². The highest BCUT2D eigenvalue weighted by Gasteiger charge is 2.26. The number of aromatic nitrogens is 2. The Labute approximate surface area is 85.7 Å². The minimum absolute atomic E-state index is 0.267. The van der Waals surface area contributed by atoms with Crippen LogP contribution in [0.2, 0.25) is 0 Å². The lowest BCUT2D eigenvalue weighted by Gasteiger charge is -2.38. The molecular weight excluding hydrogens is 174 g/mol. The van der Waals surface area contributed by atoms with Crippen molar-refractivity contribution in [3.63, 3.8) is 0 Å². The van der Waals surface area contributed by atoms with Crippen LogP contribution >= 0.6 is 0 Å². The van der Waals surface area contributed by atoms with Crippen LogP contribution in [0.4, 0.5) is 0 Å². The van der Waals surface area contributed by atoms with Gasteiger partial charge in [-0.3, -0.25) is 4.90 Å². The molecule has 0 spiro atoms. The molecule has 0 radical (unpaired) electrons. The van der Waals surface area contributed by atoms with Crippen LogP contribution in [0.3, 0.4) is 0 Å². The van der Waals surface area contributed by atoms with Crippen molar-refractivity contribution in [3.8, 4) is 0 Å². The molecule has 0 aromatic carbocycles. The molecule has 1 aliphatic heterocycles. The van der Waals surface area contributed by atoms with E-state index in [1.165, 1.54) is 5.69 Å². The summed E-state index contributed by atoms with van der Waals surface area (Å²) in [6.45, 7) is 12.1. The summed E-state index contributed by atoms with van der Waals surface area (Å²) >= 11 is 0. The standard InChI is InChI=1S/C11H19N3/c1-9-12-7-10-8-13(11(2,3)4)5-6-14(9)10/h7H,5-6,8H2,1-4H3. The van der Waals surface area contributed by atoms with Gasteiger partial charge in [0.15, 0.2) is 0 Å². The average Bonchev–Trinajstić information content (AvgIpc) is 2.46. The van der Waals surface area contributed by atoms with Crippen LogP contribution < -0.4 is 0 Å². The summed E-state index contributed by atoms with van der Waals surface area (Å²) in [6.07, 6.45) is 2.01. The third kappa shape index (κ3) is 1.57. The van der Waals surface area contributed by atoms with E-state index in [0.29, 0.717) is 0 Å². The quantitative estimate of drug-likeness (QED) is 0.626. The average molecular weight is 193 g/mol. The molecule has 0 unspecified atom stereocenters. The molecule has 0 amide bonds. The van der Waals surface area contributed by atoms with Gasteiger partial charge in [-0.05, 0) is 27.7 Å². The Hall–Kier alpha value is -0.830. The zero-order chi connectivity index (χ0) is 10.3. The summed E-state index contributed by atoms with van der Waals surface area (Å²) in [5.74, 6) is 1.15. The van der Waals surface area contributed by atoms with Crippen molar-refractivity contribution in [2.45, 2.75) is 46.3 Å². The molecule has 0 bridgehead atoms. The van der Waals surface area contributed by atoms with Crippen molar-refractivity contribution in [1.82, 2.24) is 14.5 Å². The van der Waals surface area contributed by atoms with Gasteiger partial charge < -0.3 is 4.57 Å². The van der Waals surface area contributed by atoms with Crippen molar-refractivity contribution < 1.29 is 0 Å². The third-order valence-electron chi connectivity index (χ3n) is 3.03. The molecule has 3 nitrogen and oxygen atoms in total. The van der Waals surface area contributed by atoms with Crippen LogP contribution in [0.1, 0.15) is 32.3 Å². The van der Waals surface area contributed by atoms with Gasteiger partial charge in [0.25, 0.3) is 0 Å². The van der Waals surface area contributed by atoms with E-state index in [0.717, 1.165) is 25.5 Å². The van der Waals surface area contributed by atoms with E-state index in [4.69, 9.17) is 0 Å². The molecule has 1 aromatic rings. The summed E-state index contributed by atoms with van der Waals surface area (Å²) in [6, 6.07) is 0. The lowest BCUT2D eigenvalue weighted by Crippen LogP contribution is -2.45. The molecule has 0 aliphatic carbocycles. The number of hydrogen-bond acceptors (Lipinski definition) is 2. The first kappa shape index (κ1) is 9.71. The van der Waals surface area contributed by atoms with Crippen molar-refractivity contribution in [3.05, 3.63) is 17.7 Å². The van der Waals surface area contributed by atoms with Crippen LogP contribution in [-0.2, 0) is 13.1 Å². The van der Waals surface area contributed by atoms with Gasteiger partial charge in [0.1, 0.15) is 5.82 Å². The molecule has 0 saturated heterocycles. The number of hydrogen-bond donors (Lipinski definition) is 0. The monoisotopic (exact) mass is 193 g/mol. The fourth-order valence-corrected chi connectivity index (χ4v) is 2.01. The first-order valence-corrected chi connectivity index (χ1v) is 5.24. The summed E-state index contributed by atoms with van der Waals surface area (Å²) in [5, 5.41) is 0. The highest BCUT2D eigenvalue weighted by molar-refractivity contribution is 5.07. The van der Waals surface area contributed by atoms with Crippen LogP contribution in [0.15, 0.2) is 6.20 Å². The summed E-state index contributed by atoms with van der Waals surface area (Å²) < 4.78 is 2.32. The normalized spacial score (nSPS) is 18.3. The zero-order valence-corrected chi connectivity index (χ0v) is 9.54. The highest BCUT2D eigenvalue weighted by atomic mass is 15.3. The molecule has 0 N–H and O–H groups in total. The molecule has 3 heteroatoms. The van der Waals surface area contributed by atoms with Gasteiger partial charge in [-0.15, -0.1) is 0 Å². The molecule has 2 heterocycles. The Morgan fingerprint density at radius 3 is 2.64 bits per heavy atom. The Kier molecular flexibility index (Phi) is 2.14. The van der Waals surface area contributed by atoms with Crippen molar-refractivity contribution in [2.24, 2.45) is 0 Å².